The second kappa shape index (κ2) is 8.55. The highest BCUT2D eigenvalue weighted by Gasteiger charge is 2.25. The Morgan fingerprint density at radius 3 is 2.78 bits per heavy atom. The maximum atomic E-state index is 12.8. The fourth-order valence-corrected chi connectivity index (χ4v) is 4.83. The number of hydrogen-bond acceptors (Lipinski definition) is 7. The molecule has 2 aromatic heterocycles. The predicted octanol–water partition coefficient (Wildman–Crippen LogP) is 2.33. The van der Waals surface area contributed by atoms with Crippen molar-refractivity contribution in [3.05, 3.63) is 40.1 Å². The summed E-state index contributed by atoms with van der Waals surface area (Å²) < 4.78 is 18.6. The van der Waals surface area contributed by atoms with E-state index in [2.05, 4.69) is 21.9 Å². The summed E-state index contributed by atoms with van der Waals surface area (Å²) in [6.07, 6.45) is 5.52. The lowest BCUT2D eigenvalue weighted by molar-refractivity contribution is 0.0594. The quantitative estimate of drug-likeness (QED) is 0.608. The van der Waals surface area contributed by atoms with E-state index >= 15 is 0 Å². The van der Waals surface area contributed by atoms with Crippen molar-refractivity contribution in [1.82, 2.24) is 19.3 Å². The molecule has 4 heterocycles. The van der Waals surface area contributed by atoms with E-state index in [1.807, 2.05) is 10.5 Å². The van der Waals surface area contributed by atoms with Gasteiger partial charge in [-0.25, -0.2) is 9.78 Å². The SMILES string of the molecule is COC(=O)c1cc2[nH]c(=O)c3cnc(C4CCOCC4)n3c2cc1OC[C@@H]1CCCN1C. The molecule has 9 heteroatoms. The third kappa shape index (κ3) is 3.65. The highest BCUT2D eigenvalue weighted by molar-refractivity contribution is 5.97. The Hall–Kier alpha value is -2.91. The zero-order valence-corrected chi connectivity index (χ0v) is 18.4. The number of imidazole rings is 1. The van der Waals surface area contributed by atoms with Crippen molar-refractivity contribution in [3.8, 4) is 5.75 Å². The Morgan fingerprint density at radius 1 is 1.25 bits per heavy atom. The zero-order valence-electron chi connectivity index (χ0n) is 18.4. The van der Waals surface area contributed by atoms with E-state index in [0.29, 0.717) is 48.2 Å². The minimum absolute atomic E-state index is 0.202. The van der Waals surface area contributed by atoms with Gasteiger partial charge in [0.15, 0.2) is 0 Å². The number of H-pyrrole nitrogens is 1. The van der Waals surface area contributed by atoms with E-state index in [4.69, 9.17) is 14.2 Å². The standard InChI is InChI=1S/C23H28N4O5/c1-26-7-3-4-15(26)13-32-20-11-18-17(10-16(20)23(29)30-2)25-22(28)19-12-24-21(27(18)19)14-5-8-31-9-6-14/h10-12,14-15H,3-9,13H2,1-2H3,(H,25,28)/t15-/m0/s1. The maximum absolute atomic E-state index is 12.8. The normalized spacial score (nSPS) is 20.2. The summed E-state index contributed by atoms with van der Waals surface area (Å²) in [5.74, 6) is 0.988. The first kappa shape index (κ1) is 21.0. The number of methoxy groups -OCH3 is 1. The number of rotatable bonds is 5. The lowest BCUT2D eigenvalue weighted by atomic mass is 9.99. The second-order valence-electron chi connectivity index (χ2n) is 8.62. The summed E-state index contributed by atoms with van der Waals surface area (Å²) in [5.41, 5.74) is 1.82. The van der Waals surface area contributed by atoms with Gasteiger partial charge in [-0.2, -0.15) is 0 Å². The summed E-state index contributed by atoms with van der Waals surface area (Å²) >= 11 is 0. The molecule has 2 fully saturated rings. The van der Waals surface area contributed by atoms with Crippen LogP contribution in [0.4, 0.5) is 0 Å². The van der Waals surface area contributed by atoms with Crippen LogP contribution in [-0.4, -0.2) is 71.8 Å². The van der Waals surface area contributed by atoms with Crippen LogP contribution in [-0.2, 0) is 9.47 Å². The molecule has 0 aliphatic carbocycles. The van der Waals surface area contributed by atoms with Crippen molar-refractivity contribution in [2.24, 2.45) is 0 Å². The van der Waals surface area contributed by atoms with Gasteiger partial charge in [-0.15, -0.1) is 0 Å². The first-order chi connectivity index (χ1) is 15.6. The number of nitrogens with zero attached hydrogens (tertiary/aromatic N) is 3. The van der Waals surface area contributed by atoms with Gasteiger partial charge in [0, 0.05) is 31.2 Å². The number of hydrogen-bond donors (Lipinski definition) is 1. The fourth-order valence-electron chi connectivity index (χ4n) is 4.83. The van der Waals surface area contributed by atoms with Crippen LogP contribution < -0.4 is 10.3 Å². The van der Waals surface area contributed by atoms with Gasteiger partial charge < -0.3 is 24.1 Å². The van der Waals surface area contributed by atoms with Crippen LogP contribution in [0.3, 0.4) is 0 Å². The van der Waals surface area contributed by atoms with Crippen molar-refractivity contribution in [3.63, 3.8) is 0 Å². The van der Waals surface area contributed by atoms with Crippen LogP contribution in [0, 0.1) is 0 Å². The molecule has 32 heavy (non-hydrogen) atoms. The zero-order chi connectivity index (χ0) is 22.2. The minimum atomic E-state index is -0.502. The lowest BCUT2D eigenvalue weighted by Gasteiger charge is -2.22. The molecule has 0 bridgehead atoms. The van der Waals surface area contributed by atoms with Gasteiger partial charge in [0.05, 0.1) is 24.3 Å². The molecule has 0 saturated carbocycles. The topological polar surface area (TPSA) is 98.2 Å². The van der Waals surface area contributed by atoms with E-state index in [0.717, 1.165) is 43.6 Å². The molecule has 3 aromatic rings. The van der Waals surface area contributed by atoms with Crippen molar-refractivity contribution in [2.75, 3.05) is 40.5 Å². The number of esters is 1. The molecular formula is C23H28N4O5. The summed E-state index contributed by atoms with van der Waals surface area (Å²) in [5, 5.41) is 0. The monoisotopic (exact) mass is 440 g/mol. The van der Waals surface area contributed by atoms with Crippen molar-refractivity contribution >= 4 is 22.5 Å². The molecule has 9 nitrogen and oxygen atoms in total. The van der Waals surface area contributed by atoms with E-state index in [1.165, 1.54) is 7.11 Å². The van der Waals surface area contributed by atoms with E-state index in [-0.39, 0.29) is 11.5 Å². The number of likely N-dealkylation sites (tertiary alicyclic amines) is 1. The molecule has 0 radical (unpaired) electrons. The number of ether oxygens (including phenoxy) is 3. The van der Waals surface area contributed by atoms with Crippen LogP contribution in [0.25, 0.3) is 16.6 Å². The van der Waals surface area contributed by atoms with Gasteiger partial charge in [-0.05, 0) is 45.3 Å². The molecule has 1 N–H and O–H groups in total. The fraction of sp³-hybridized carbons (Fsp3) is 0.522. The minimum Gasteiger partial charge on any atom is -0.491 e. The van der Waals surface area contributed by atoms with E-state index < -0.39 is 5.97 Å². The first-order valence-corrected chi connectivity index (χ1v) is 11.1. The summed E-state index contributed by atoms with van der Waals surface area (Å²) in [6, 6.07) is 3.77. The van der Waals surface area contributed by atoms with Gasteiger partial charge in [-0.3, -0.25) is 9.20 Å². The molecule has 1 aromatic carbocycles. The molecule has 0 spiro atoms. The maximum Gasteiger partial charge on any atom is 0.341 e. The van der Waals surface area contributed by atoms with Gasteiger partial charge in [-0.1, -0.05) is 0 Å². The van der Waals surface area contributed by atoms with Gasteiger partial charge >= 0.3 is 5.97 Å². The summed E-state index contributed by atoms with van der Waals surface area (Å²) in [6.45, 7) is 2.88. The smallest absolute Gasteiger partial charge is 0.341 e. The number of likely N-dealkylation sites (N-methyl/N-ethyl adjacent to an activating group) is 1. The van der Waals surface area contributed by atoms with Crippen LogP contribution in [0.5, 0.6) is 5.75 Å². The molecule has 5 rings (SSSR count). The number of aromatic nitrogens is 3. The Balaban J connectivity index is 1.64. The Bertz CT molecular complexity index is 1210. The average molecular weight is 441 g/mol. The van der Waals surface area contributed by atoms with Gasteiger partial charge in [0.2, 0.25) is 0 Å². The van der Waals surface area contributed by atoms with Crippen LogP contribution in [0.15, 0.2) is 23.1 Å². The Labute approximate surface area is 185 Å². The molecule has 0 amide bonds. The molecule has 0 unspecified atom stereocenters. The van der Waals surface area contributed by atoms with E-state index in [1.54, 1.807) is 12.3 Å². The third-order valence-electron chi connectivity index (χ3n) is 6.70. The predicted molar refractivity (Wildman–Crippen MR) is 119 cm³/mol. The molecular weight excluding hydrogens is 412 g/mol. The van der Waals surface area contributed by atoms with Gasteiger partial charge in [0.1, 0.15) is 29.3 Å². The second-order valence-corrected chi connectivity index (χ2v) is 8.62. The van der Waals surface area contributed by atoms with Crippen LogP contribution >= 0.6 is 0 Å². The molecule has 2 aliphatic heterocycles. The molecule has 2 aliphatic rings. The number of carbonyl (C=O) groups is 1. The number of carbonyl (C=O) groups excluding carboxylic acids is 1. The highest BCUT2D eigenvalue weighted by Crippen LogP contribution is 2.31. The summed E-state index contributed by atoms with van der Waals surface area (Å²) in [7, 11) is 3.43. The van der Waals surface area contributed by atoms with Crippen molar-refractivity contribution in [2.45, 2.75) is 37.6 Å². The van der Waals surface area contributed by atoms with Crippen LogP contribution in [0.1, 0.15) is 47.8 Å². The molecule has 1 atom stereocenters. The van der Waals surface area contributed by atoms with Crippen molar-refractivity contribution in [1.29, 1.82) is 0 Å². The molecule has 2 saturated heterocycles. The number of nitrogens with one attached hydrogen (secondary N) is 1. The average Bonchev–Trinajstić information content (AvgIpc) is 3.44. The number of aromatic amines is 1. The highest BCUT2D eigenvalue weighted by atomic mass is 16.5. The van der Waals surface area contributed by atoms with Crippen molar-refractivity contribution < 1.29 is 19.0 Å². The van der Waals surface area contributed by atoms with Gasteiger partial charge in [0.25, 0.3) is 5.56 Å². The largest absolute Gasteiger partial charge is 0.491 e. The Kier molecular flexibility index (Phi) is 5.60. The first-order valence-electron chi connectivity index (χ1n) is 11.1. The lowest BCUT2D eigenvalue weighted by Crippen LogP contribution is -2.30. The Morgan fingerprint density at radius 2 is 2.06 bits per heavy atom. The summed E-state index contributed by atoms with van der Waals surface area (Å²) in [4.78, 5) is 35.0. The number of fused-ring (bicyclic) bond motifs is 3. The molecule has 170 valence electrons. The number of benzene rings is 1. The third-order valence-corrected chi connectivity index (χ3v) is 6.70. The van der Waals surface area contributed by atoms with Crippen LogP contribution in [0.2, 0.25) is 0 Å². The van der Waals surface area contributed by atoms with E-state index in [9.17, 15) is 9.59 Å².